The summed E-state index contributed by atoms with van der Waals surface area (Å²) in [6, 6.07) is 6.61. The summed E-state index contributed by atoms with van der Waals surface area (Å²) in [5.74, 6) is 1.89. The van der Waals surface area contributed by atoms with Crippen molar-refractivity contribution in [3.63, 3.8) is 0 Å². The molecular weight excluding hydrogens is 332 g/mol. The van der Waals surface area contributed by atoms with Crippen LogP contribution in [0.1, 0.15) is 37.7 Å². The molecule has 0 N–H and O–H groups in total. The quantitative estimate of drug-likeness (QED) is 0.829. The van der Waals surface area contributed by atoms with Crippen molar-refractivity contribution in [3.05, 3.63) is 23.8 Å². The van der Waals surface area contributed by atoms with E-state index in [1.165, 1.54) is 5.56 Å². The maximum absolute atomic E-state index is 12.6. The van der Waals surface area contributed by atoms with Crippen LogP contribution in [0.5, 0.6) is 11.5 Å². The van der Waals surface area contributed by atoms with Crippen LogP contribution in [0.2, 0.25) is 0 Å². The summed E-state index contributed by atoms with van der Waals surface area (Å²) in [5.41, 5.74) is 1.24. The molecule has 6 nitrogen and oxygen atoms in total. The van der Waals surface area contributed by atoms with Gasteiger partial charge in [-0.1, -0.05) is 6.07 Å². The van der Waals surface area contributed by atoms with E-state index in [1.54, 1.807) is 0 Å². The number of nitrogens with zero attached hydrogens (tertiary/aromatic N) is 2. The van der Waals surface area contributed by atoms with Crippen molar-refractivity contribution in [1.29, 1.82) is 0 Å². The molecule has 3 atom stereocenters. The van der Waals surface area contributed by atoms with Gasteiger partial charge in [0, 0.05) is 32.2 Å². The molecule has 4 aliphatic heterocycles. The summed E-state index contributed by atoms with van der Waals surface area (Å²) in [5, 5.41) is 0. The van der Waals surface area contributed by atoms with Crippen LogP contribution in [0.3, 0.4) is 0 Å². The average molecular weight is 358 g/mol. The van der Waals surface area contributed by atoms with E-state index in [-0.39, 0.29) is 18.1 Å². The molecular formula is C20H26N2O4. The van der Waals surface area contributed by atoms with Gasteiger partial charge in [-0.05, 0) is 49.8 Å². The Bertz CT molecular complexity index is 688. The number of rotatable bonds is 3. The van der Waals surface area contributed by atoms with Crippen LogP contribution in [0.15, 0.2) is 18.2 Å². The summed E-state index contributed by atoms with van der Waals surface area (Å²) in [4.78, 5) is 17.1. The Morgan fingerprint density at radius 2 is 1.88 bits per heavy atom. The number of ether oxygens (including phenoxy) is 3. The SMILES string of the molecule is O=C([C@@H]1CC[C@@H]2[C@@H](CCN2Cc2ccc3c(c2)OCO3)O1)N1CCCC1. The average Bonchev–Trinajstić information content (AvgIpc) is 3.41. The third kappa shape index (κ3) is 2.95. The number of hydrogen-bond acceptors (Lipinski definition) is 5. The normalized spacial score (nSPS) is 30.6. The first-order valence-electron chi connectivity index (χ1n) is 9.85. The van der Waals surface area contributed by atoms with E-state index in [1.807, 2.05) is 11.0 Å². The van der Waals surface area contributed by atoms with Crippen LogP contribution in [0.25, 0.3) is 0 Å². The van der Waals surface area contributed by atoms with E-state index in [2.05, 4.69) is 17.0 Å². The van der Waals surface area contributed by atoms with E-state index >= 15 is 0 Å². The topological polar surface area (TPSA) is 51.2 Å². The van der Waals surface area contributed by atoms with Gasteiger partial charge in [0.1, 0.15) is 6.10 Å². The second kappa shape index (κ2) is 6.74. The molecule has 1 aromatic carbocycles. The Kier molecular flexibility index (Phi) is 4.25. The van der Waals surface area contributed by atoms with Crippen molar-refractivity contribution in [2.75, 3.05) is 26.4 Å². The fourth-order valence-corrected chi connectivity index (χ4v) is 4.81. The molecule has 0 bridgehead atoms. The van der Waals surface area contributed by atoms with Crippen molar-refractivity contribution in [1.82, 2.24) is 9.80 Å². The molecule has 4 aliphatic rings. The van der Waals surface area contributed by atoms with Gasteiger partial charge in [0.2, 0.25) is 6.79 Å². The van der Waals surface area contributed by atoms with Crippen molar-refractivity contribution in [3.8, 4) is 11.5 Å². The molecule has 0 unspecified atom stereocenters. The highest BCUT2D eigenvalue weighted by molar-refractivity contribution is 5.81. The van der Waals surface area contributed by atoms with Gasteiger partial charge in [0.05, 0.1) is 6.10 Å². The Morgan fingerprint density at radius 1 is 1.04 bits per heavy atom. The monoisotopic (exact) mass is 358 g/mol. The number of carbonyl (C=O) groups is 1. The summed E-state index contributed by atoms with van der Waals surface area (Å²) in [7, 11) is 0. The maximum Gasteiger partial charge on any atom is 0.251 e. The van der Waals surface area contributed by atoms with E-state index in [9.17, 15) is 4.79 Å². The molecule has 140 valence electrons. The number of benzene rings is 1. The Morgan fingerprint density at radius 3 is 2.77 bits per heavy atom. The lowest BCUT2D eigenvalue weighted by molar-refractivity contribution is -0.153. The van der Waals surface area contributed by atoms with Gasteiger partial charge in [-0.2, -0.15) is 0 Å². The second-order valence-corrected chi connectivity index (χ2v) is 7.79. The zero-order valence-electron chi connectivity index (χ0n) is 15.1. The van der Waals surface area contributed by atoms with Crippen molar-refractivity contribution < 1.29 is 19.0 Å². The van der Waals surface area contributed by atoms with Crippen LogP contribution >= 0.6 is 0 Å². The minimum absolute atomic E-state index is 0.189. The molecule has 0 aliphatic carbocycles. The lowest BCUT2D eigenvalue weighted by Crippen LogP contribution is -2.48. The van der Waals surface area contributed by atoms with E-state index < -0.39 is 0 Å². The van der Waals surface area contributed by atoms with Crippen LogP contribution in [0, 0.1) is 0 Å². The highest BCUT2D eigenvalue weighted by Gasteiger charge is 2.42. The van der Waals surface area contributed by atoms with Gasteiger partial charge in [0.25, 0.3) is 5.91 Å². The minimum atomic E-state index is -0.222. The van der Waals surface area contributed by atoms with Gasteiger partial charge < -0.3 is 19.1 Å². The summed E-state index contributed by atoms with van der Waals surface area (Å²) in [6.45, 7) is 4.04. The standard InChI is InChI=1S/C20H26N2O4/c23-20(21-8-1-2-9-21)18-6-4-15-16(26-18)7-10-22(15)12-14-3-5-17-19(11-14)25-13-24-17/h3,5,11,15-16,18H,1-2,4,6-10,12-13H2/t15-,16-,18+/m1/s1. The van der Waals surface area contributed by atoms with E-state index in [0.717, 1.165) is 69.8 Å². The molecule has 1 amide bonds. The van der Waals surface area contributed by atoms with Gasteiger partial charge in [-0.15, -0.1) is 0 Å². The Labute approximate surface area is 154 Å². The summed E-state index contributed by atoms with van der Waals surface area (Å²) >= 11 is 0. The molecule has 4 heterocycles. The Hall–Kier alpha value is -1.79. The zero-order valence-corrected chi connectivity index (χ0v) is 15.1. The molecule has 0 spiro atoms. The second-order valence-electron chi connectivity index (χ2n) is 7.79. The molecule has 5 rings (SSSR count). The highest BCUT2D eigenvalue weighted by Crippen LogP contribution is 2.36. The summed E-state index contributed by atoms with van der Waals surface area (Å²) < 4.78 is 17.1. The first kappa shape index (κ1) is 16.4. The fourth-order valence-electron chi connectivity index (χ4n) is 4.81. The van der Waals surface area contributed by atoms with Crippen LogP contribution in [0.4, 0.5) is 0 Å². The van der Waals surface area contributed by atoms with E-state index in [0.29, 0.717) is 12.8 Å². The smallest absolute Gasteiger partial charge is 0.251 e. The molecule has 0 saturated carbocycles. The lowest BCUT2D eigenvalue weighted by Gasteiger charge is -2.36. The van der Waals surface area contributed by atoms with Crippen LogP contribution < -0.4 is 9.47 Å². The number of likely N-dealkylation sites (tertiary alicyclic amines) is 2. The zero-order chi connectivity index (χ0) is 17.5. The van der Waals surface area contributed by atoms with E-state index in [4.69, 9.17) is 14.2 Å². The first-order chi connectivity index (χ1) is 12.8. The predicted octanol–water partition coefficient (Wildman–Crippen LogP) is 2.16. The van der Waals surface area contributed by atoms with Crippen molar-refractivity contribution >= 4 is 5.91 Å². The summed E-state index contributed by atoms with van der Waals surface area (Å²) in [6.07, 6.45) is 5.13. The minimum Gasteiger partial charge on any atom is -0.454 e. The highest BCUT2D eigenvalue weighted by atomic mass is 16.7. The van der Waals surface area contributed by atoms with Crippen molar-refractivity contribution in [2.45, 2.75) is 56.9 Å². The predicted molar refractivity (Wildman–Crippen MR) is 95.1 cm³/mol. The van der Waals surface area contributed by atoms with Crippen LogP contribution in [-0.2, 0) is 16.1 Å². The van der Waals surface area contributed by atoms with Gasteiger partial charge >= 0.3 is 0 Å². The van der Waals surface area contributed by atoms with Crippen LogP contribution in [-0.4, -0.2) is 60.4 Å². The fraction of sp³-hybridized carbons (Fsp3) is 0.650. The molecule has 26 heavy (non-hydrogen) atoms. The molecule has 0 aromatic heterocycles. The number of hydrogen-bond donors (Lipinski definition) is 0. The van der Waals surface area contributed by atoms with Crippen molar-refractivity contribution in [2.24, 2.45) is 0 Å². The molecule has 3 fully saturated rings. The number of fused-ring (bicyclic) bond motifs is 2. The largest absolute Gasteiger partial charge is 0.454 e. The third-order valence-corrected chi connectivity index (χ3v) is 6.18. The number of carbonyl (C=O) groups excluding carboxylic acids is 1. The van der Waals surface area contributed by atoms with Gasteiger partial charge in [0.15, 0.2) is 11.5 Å². The van der Waals surface area contributed by atoms with Gasteiger partial charge in [-0.3, -0.25) is 9.69 Å². The number of amides is 1. The molecule has 0 radical (unpaired) electrons. The Balaban J connectivity index is 1.21. The molecule has 1 aromatic rings. The first-order valence-corrected chi connectivity index (χ1v) is 9.85. The molecule has 3 saturated heterocycles. The van der Waals surface area contributed by atoms with Gasteiger partial charge in [-0.25, -0.2) is 0 Å². The lowest BCUT2D eigenvalue weighted by atomic mass is 9.98. The maximum atomic E-state index is 12.6. The molecule has 6 heteroatoms. The third-order valence-electron chi connectivity index (χ3n) is 6.18.